The Labute approximate surface area is 132 Å². The van der Waals surface area contributed by atoms with E-state index >= 15 is 0 Å². The average molecular weight is 308 g/mol. The van der Waals surface area contributed by atoms with Gasteiger partial charge in [0.25, 0.3) is 0 Å². The molecule has 0 radical (unpaired) electrons. The van der Waals surface area contributed by atoms with Crippen molar-refractivity contribution in [1.29, 1.82) is 0 Å². The first-order chi connectivity index (χ1) is 10.3. The molecule has 3 nitrogen and oxygen atoms in total. The summed E-state index contributed by atoms with van der Waals surface area (Å²) in [6.07, 6.45) is 14.0. The molecule has 2 atom stereocenters. The van der Waals surface area contributed by atoms with Crippen LogP contribution in [-0.4, -0.2) is 32.1 Å². The lowest BCUT2D eigenvalue weighted by atomic mass is 9.96. The highest BCUT2D eigenvalue weighted by Gasteiger charge is 2.40. The van der Waals surface area contributed by atoms with Gasteiger partial charge in [0.05, 0.1) is 11.7 Å². The fourth-order valence-corrected chi connectivity index (χ4v) is 5.07. The van der Waals surface area contributed by atoms with Gasteiger partial charge >= 0.3 is 0 Å². The topological polar surface area (TPSA) is 21.1 Å². The van der Waals surface area contributed by atoms with Gasteiger partial charge in [-0.05, 0) is 44.6 Å². The first-order valence-corrected chi connectivity index (χ1v) is 9.17. The van der Waals surface area contributed by atoms with Gasteiger partial charge in [0.1, 0.15) is 0 Å². The van der Waals surface area contributed by atoms with Crippen molar-refractivity contribution in [2.75, 3.05) is 0 Å². The molecule has 21 heavy (non-hydrogen) atoms. The van der Waals surface area contributed by atoms with Crippen LogP contribution in [0.15, 0.2) is 12.3 Å². The minimum atomic E-state index is 0.401. The zero-order valence-electron chi connectivity index (χ0n) is 12.8. The van der Waals surface area contributed by atoms with E-state index in [0.29, 0.717) is 23.5 Å². The molecule has 0 aromatic carbocycles. The summed E-state index contributed by atoms with van der Waals surface area (Å²) in [7, 11) is 0. The molecular weight excluding hydrogens is 282 g/mol. The molecule has 4 rings (SSSR count). The molecule has 4 heteroatoms. The number of rotatable bonds is 3. The normalized spacial score (nSPS) is 34.4. The molecule has 2 saturated heterocycles. The SMILES string of the molecule is ClC1CC2CCC(C1)N2Cc1ccn(C2CCCCC2)n1. The van der Waals surface area contributed by atoms with Crippen molar-refractivity contribution >= 4 is 11.6 Å². The Morgan fingerprint density at radius 1 is 1.00 bits per heavy atom. The molecule has 2 unspecified atom stereocenters. The summed E-state index contributed by atoms with van der Waals surface area (Å²) < 4.78 is 2.24. The number of aromatic nitrogens is 2. The van der Waals surface area contributed by atoms with E-state index in [-0.39, 0.29) is 0 Å². The lowest BCUT2D eigenvalue weighted by Gasteiger charge is -2.36. The molecule has 0 amide bonds. The van der Waals surface area contributed by atoms with Crippen LogP contribution in [0.3, 0.4) is 0 Å². The minimum Gasteiger partial charge on any atom is -0.291 e. The Hall–Kier alpha value is -0.540. The number of hydrogen-bond acceptors (Lipinski definition) is 2. The monoisotopic (exact) mass is 307 g/mol. The first-order valence-electron chi connectivity index (χ1n) is 8.73. The number of piperidine rings is 1. The van der Waals surface area contributed by atoms with Crippen LogP contribution >= 0.6 is 11.6 Å². The fourth-order valence-electron chi connectivity index (χ4n) is 4.66. The Balaban J connectivity index is 1.42. The average Bonchev–Trinajstić information content (AvgIpc) is 3.05. The van der Waals surface area contributed by atoms with Gasteiger partial charge in [-0.3, -0.25) is 9.58 Å². The van der Waals surface area contributed by atoms with Crippen molar-refractivity contribution in [3.63, 3.8) is 0 Å². The summed E-state index contributed by atoms with van der Waals surface area (Å²) in [5, 5.41) is 5.29. The molecule has 116 valence electrons. The van der Waals surface area contributed by atoms with Crippen LogP contribution in [0.1, 0.15) is 69.5 Å². The Morgan fingerprint density at radius 2 is 1.71 bits per heavy atom. The first kappa shape index (κ1) is 14.1. The van der Waals surface area contributed by atoms with E-state index in [2.05, 4.69) is 21.8 Å². The third-order valence-corrected chi connectivity index (χ3v) is 6.14. The van der Waals surface area contributed by atoms with Gasteiger partial charge in [0.2, 0.25) is 0 Å². The highest BCUT2D eigenvalue weighted by atomic mass is 35.5. The summed E-state index contributed by atoms with van der Waals surface area (Å²) in [6.45, 7) is 1.03. The molecule has 0 spiro atoms. The number of halogens is 1. The molecular formula is C17H26ClN3. The predicted octanol–water partition coefficient (Wildman–Crippen LogP) is 4.12. The maximum atomic E-state index is 6.37. The maximum absolute atomic E-state index is 6.37. The molecule has 1 saturated carbocycles. The van der Waals surface area contributed by atoms with E-state index in [1.54, 1.807) is 0 Å². The van der Waals surface area contributed by atoms with E-state index in [4.69, 9.17) is 16.7 Å². The fraction of sp³-hybridized carbons (Fsp3) is 0.824. The van der Waals surface area contributed by atoms with E-state index in [0.717, 1.165) is 6.54 Å². The van der Waals surface area contributed by atoms with Gasteiger partial charge < -0.3 is 0 Å². The summed E-state index contributed by atoms with van der Waals surface area (Å²) in [6, 6.07) is 4.29. The Morgan fingerprint density at radius 3 is 2.43 bits per heavy atom. The van der Waals surface area contributed by atoms with Gasteiger partial charge in [-0.1, -0.05) is 19.3 Å². The van der Waals surface area contributed by atoms with Crippen molar-refractivity contribution in [1.82, 2.24) is 14.7 Å². The molecule has 2 bridgehead atoms. The smallest absolute Gasteiger partial charge is 0.0765 e. The standard InChI is InChI=1S/C17H26ClN3/c18-13-10-16-6-7-17(11-13)20(16)12-14-8-9-21(19-14)15-4-2-1-3-5-15/h8-9,13,15-17H,1-7,10-12H2. The van der Waals surface area contributed by atoms with E-state index in [1.165, 1.54) is 63.5 Å². The van der Waals surface area contributed by atoms with Gasteiger partial charge in [-0.25, -0.2) is 0 Å². The summed E-state index contributed by atoms with van der Waals surface area (Å²) >= 11 is 6.37. The molecule has 3 aliphatic rings. The van der Waals surface area contributed by atoms with Crippen LogP contribution in [0, 0.1) is 0 Å². The second-order valence-electron chi connectivity index (χ2n) is 7.20. The van der Waals surface area contributed by atoms with Crippen LogP contribution in [-0.2, 0) is 6.54 Å². The van der Waals surface area contributed by atoms with Crippen molar-refractivity contribution in [3.8, 4) is 0 Å². The van der Waals surface area contributed by atoms with Crippen LogP contribution < -0.4 is 0 Å². The van der Waals surface area contributed by atoms with Gasteiger partial charge in [-0.15, -0.1) is 11.6 Å². The molecule has 0 N–H and O–H groups in total. The van der Waals surface area contributed by atoms with E-state index in [9.17, 15) is 0 Å². The number of nitrogens with zero attached hydrogens (tertiary/aromatic N) is 3. The van der Waals surface area contributed by atoms with Crippen LogP contribution in [0.25, 0.3) is 0 Å². The van der Waals surface area contributed by atoms with Crippen molar-refractivity contribution in [3.05, 3.63) is 18.0 Å². The minimum absolute atomic E-state index is 0.401. The molecule has 3 heterocycles. The lowest BCUT2D eigenvalue weighted by Crippen LogP contribution is -2.42. The van der Waals surface area contributed by atoms with Crippen molar-refractivity contribution in [2.24, 2.45) is 0 Å². The van der Waals surface area contributed by atoms with Gasteiger partial charge in [-0.2, -0.15) is 5.10 Å². The third kappa shape index (κ3) is 2.87. The van der Waals surface area contributed by atoms with Crippen molar-refractivity contribution in [2.45, 2.75) is 87.8 Å². The second kappa shape index (κ2) is 5.92. The molecule has 1 aromatic heterocycles. The van der Waals surface area contributed by atoms with Crippen LogP contribution in [0.5, 0.6) is 0 Å². The zero-order chi connectivity index (χ0) is 14.2. The molecule has 3 fully saturated rings. The number of alkyl halides is 1. The third-order valence-electron chi connectivity index (χ3n) is 5.78. The largest absolute Gasteiger partial charge is 0.291 e. The Kier molecular flexibility index (Phi) is 3.97. The maximum Gasteiger partial charge on any atom is 0.0765 e. The zero-order valence-corrected chi connectivity index (χ0v) is 13.5. The van der Waals surface area contributed by atoms with Crippen LogP contribution in [0.4, 0.5) is 0 Å². The van der Waals surface area contributed by atoms with Crippen LogP contribution in [0.2, 0.25) is 0 Å². The number of fused-ring (bicyclic) bond motifs is 2. The molecule has 1 aromatic rings. The van der Waals surface area contributed by atoms with Gasteiger partial charge in [0, 0.05) is 30.2 Å². The van der Waals surface area contributed by atoms with E-state index < -0.39 is 0 Å². The summed E-state index contributed by atoms with van der Waals surface area (Å²) in [4.78, 5) is 2.67. The number of hydrogen-bond donors (Lipinski definition) is 0. The van der Waals surface area contributed by atoms with Crippen molar-refractivity contribution < 1.29 is 0 Å². The summed E-state index contributed by atoms with van der Waals surface area (Å²) in [5.41, 5.74) is 1.26. The molecule has 2 aliphatic heterocycles. The van der Waals surface area contributed by atoms with E-state index in [1.807, 2.05) is 0 Å². The summed E-state index contributed by atoms with van der Waals surface area (Å²) in [5.74, 6) is 0. The lowest BCUT2D eigenvalue weighted by molar-refractivity contribution is 0.132. The Bertz CT molecular complexity index is 466. The predicted molar refractivity (Wildman–Crippen MR) is 85.6 cm³/mol. The quantitative estimate of drug-likeness (QED) is 0.783. The van der Waals surface area contributed by atoms with Gasteiger partial charge in [0.15, 0.2) is 0 Å². The molecule has 1 aliphatic carbocycles. The second-order valence-corrected chi connectivity index (χ2v) is 7.82. The highest BCUT2D eigenvalue weighted by molar-refractivity contribution is 6.20. The highest BCUT2D eigenvalue weighted by Crippen LogP contribution is 2.38.